The van der Waals surface area contributed by atoms with Crippen LogP contribution in [0.2, 0.25) is 0 Å². The topological polar surface area (TPSA) is 288 Å². The van der Waals surface area contributed by atoms with Gasteiger partial charge in [-0.2, -0.15) is 44.8 Å². The Kier molecular flexibility index (Phi) is 36.5. The van der Waals surface area contributed by atoms with E-state index in [2.05, 4.69) is 38.9 Å². The van der Waals surface area contributed by atoms with Crippen LogP contribution >= 0.6 is 0 Å². The number of aromatic nitrogens is 2. The number of nitrogens with one attached hydrogen (secondary N) is 5. The standard InChI is InChI=1S/3C6F3N4.2C4H10O2.3Li.H2O/c3*7-6(8,9)5-12-3(1-10)4(2-11)13-5;2*1-5-3-4-6-2;;;;/h;;;2*3-4H2,1-2H3;;;;1H2/q3*-1;;;3*+1;/p+5. The summed E-state index contributed by atoms with van der Waals surface area (Å²) in [5.74, 6) is -1.17. The van der Waals surface area contributed by atoms with Gasteiger partial charge in [0.2, 0.25) is 11.4 Å². The molecule has 7 N–H and O–H groups in total. The van der Waals surface area contributed by atoms with E-state index in [9.17, 15) is 39.5 Å². The fourth-order valence-corrected chi connectivity index (χ4v) is 2.33. The van der Waals surface area contributed by atoms with Crippen LogP contribution in [0.4, 0.5) is 39.5 Å². The van der Waals surface area contributed by atoms with Crippen LogP contribution in [0.3, 0.4) is 0 Å². The van der Waals surface area contributed by atoms with Crippen molar-refractivity contribution in [2.45, 2.75) is 18.5 Å². The zero-order valence-corrected chi connectivity index (χ0v) is 30.0. The molecular formula is C26H27F9Li3N12O5+5. The molecule has 0 unspecified atom stereocenters. The first-order valence-electron chi connectivity index (χ1n) is 12.7. The molecule has 55 heavy (non-hydrogen) atoms. The molecular weight excluding hydrogens is 752 g/mol. The van der Waals surface area contributed by atoms with Gasteiger partial charge in [-0.3, -0.25) is 0 Å². The molecule has 0 spiro atoms. The van der Waals surface area contributed by atoms with E-state index in [0.717, 1.165) is 0 Å². The molecule has 2 aliphatic heterocycles. The van der Waals surface area contributed by atoms with Crippen LogP contribution in [-0.2, 0) is 25.1 Å². The first-order valence-corrected chi connectivity index (χ1v) is 12.7. The van der Waals surface area contributed by atoms with Crippen LogP contribution in [0.5, 0.6) is 0 Å². The number of amidine groups is 2. The maximum absolute atomic E-state index is 12.0. The van der Waals surface area contributed by atoms with Gasteiger partial charge in [0.15, 0.2) is 6.07 Å². The smallest absolute Gasteiger partial charge is 0.760 e. The van der Waals surface area contributed by atoms with E-state index in [4.69, 9.17) is 31.9 Å². The van der Waals surface area contributed by atoms with Crippen molar-refractivity contribution in [1.82, 2.24) is 9.97 Å². The predicted octanol–water partition coefficient (Wildman–Crippen LogP) is -15.4. The second-order valence-electron chi connectivity index (χ2n) is 8.04. The Hall–Kier alpha value is -4.29. The number of methoxy groups -OCH3 is 4. The van der Waals surface area contributed by atoms with Crippen LogP contribution in [-0.4, -0.2) is 113 Å². The molecule has 282 valence electrons. The SMILES string of the molecule is COCCOC.COCCOC.N#CC1=NC(C(F)(F)F)=[NH+]C1=C=[N-].O.[Li+].[Li+].[Li+].[N-]=C=C1[NH+]=C(C(F)(F)F)N=C1C#[NH+].[NH+]#Cc1nc(C(F)(F)F)[n-]c1C#[NH+]. The Labute approximate surface area is 342 Å². The van der Waals surface area contributed by atoms with E-state index in [1.807, 2.05) is 0 Å². The molecule has 1 aromatic heterocycles. The van der Waals surface area contributed by atoms with Gasteiger partial charge in [-0.25, -0.2) is 21.7 Å². The van der Waals surface area contributed by atoms with Crippen LogP contribution in [0.1, 0.15) is 17.2 Å². The monoisotopic (exact) mass is 779 g/mol. The van der Waals surface area contributed by atoms with Crippen molar-refractivity contribution < 1.29 is 146 Å². The van der Waals surface area contributed by atoms with Gasteiger partial charge in [-0.1, -0.05) is 15.8 Å². The van der Waals surface area contributed by atoms with Gasteiger partial charge in [-0.05, 0) is 9.98 Å². The summed E-state index contributed by atoms with van der Waals surface area (Å²) in [6.07, 6.45) is -14.0. The zero-order valence-electron chi connectivity index (χ0n) is 30.0. The maximum atomic E-state index is 12.0. The predicted molar refractivity (Wildman–Crippen MR) is 155 cm³/mol. The Morgan fingerprint density at radius 2 is 1.02 bits per heavy atom. The van der Waals surface area contributed by atoms with Crippen LogP contribution in [0.15, 0.2) is 21.4 Å². The molecule has 0 saturated carbocycles. The summed E-state index contributed by atoms with van der Waals surface area (Å²) in [7, 11) is 6.61. The number of rotatable bonds is 6. The molecule has 29 heteroatoms. The molecule has 0 aromatic carbocycles. The fraction of sp³-hybridized carbons (Fsp3) is 0.423. The third-order valence-corrected chi connectivity index (χ3v) is 4.53. The molecule has 3 rings (SSSR count). The Bertz CT molecular complexity index is 1610. The molecule has 0 atom stereocenters. The van der Waals surface area contributed by atoms with E-state index >= 15 is 0 Å². The second kappa shape index (κ2) is 32.0. The van der Waals surface area contributed by atoms with Gasteiger partial charge in [0.25, 0.3) is 0 Å². The van der Waals surface area contributed by atoms with Crippen molar-refractivity contribution in [2.75, 3.05) is 54.9 Å². The number of allylic oxidation sites excluding steroid dienone is 2. The number of alkyl halides is 9. The number of imidazole rings is 1. The van der Waals surface area contributed by atoms with Gasteiger partial charge in [-0.15, -0.1) is 0 Å². The number of nitriles is 1. The quantitative estimate of drug-likeness (QED) is 0.0804. The second-order valence-corrected chi connectivity index (χ2v) is 8.04. The van der Waals surface area contributed by atoms with Crippen molar-refractivity contribution in [3.05, 3.63) is 39.4 Å². The minimum Gasteiger partial charge on any atom is -0.760 e. The summed E-state index contributed by atoms with van der Waals surface area (Å²) in [6.45, 7) is 2.76. The van der Waals surface area contributed by atoms with Gasteiger partial charge in [0.05, 0.1) is 26.4 Å². The van der Waals surface area contributed by atoms with E-state index in [1.54, 1.807) is 56.6 Å². The third-order valence-electron chi connectivity index (χ3n) is 4.53. The Morgan fingerprint density at radius 1 is 0.655 bits per heavy atom. The fourth-order valence-electron chi connectivity index (χ4n) is 2.33. The largest absolute Gasteiger partial charge is 1.00 e. The number of aliphatic imine (C=N–C) groups is 2. The molecule has 17 nitrogen and oxygen atoms in total. The number of hydrogen-bond donors (Lipinski definition) is 5. The van der Waals surface area contributed by atoms with Crippen molar-refractivity contribution in [2.24, 2.45) is 9.98 Å². The minimum absolute atomic E-state index is 0. The zero-order chi connectivity index (χ0) is 39.8. The van der Waals surface area contributed by atoms with Crippen molar-refractivity contribution >= 4 is 34.8 Å². The molecule has 2 aliphatic rings. The van der Waals surface area contributed by atoms with Crippen LogP contribution in [0, 0.1) is 29.5 Å². The molecule has 0 amide bonds. The van der Waals surface area contributed by atoms with Crippen molar-refractivity contribution in [3.63, 3.8) is 0 Å². The molecule has 0 aliphatic carbocycles. The molecule has 0 saturated heterocycles. The number of nitrogens with zero attached hydrogens (tertiary/aromatic N) is 7. The first-order chi connectivity index (χ1) is 23.8. The van der Waals surface area contributed by atoms with Crippen LogP contribution < -0.4 is 87.3 Å². The number of halogens is 9. The van der Waals surface area contributed by atoms with Gasteiger partial charge >= 0.3 is 116 Å². The summed E-state index contributed by atoms with van der Waals surface area (Å²) < 4.78 is 126. The molecule has 0 radical (unpaired) electrons. The number of ether oxygens (including phenoxy) is 4. The van der Waals surface area contributed by atoms with Gasteiger partial charge in [0.1, 0.15) is 11.4 Å². The number of hydrogen-bond acceptors (Lipinski definition) is 8. The Morgan fingerprint density at radius 3 is 1.22 bits per heavy atom. The van der Waals surface area contributed by atoms with Crippen molar-refractivity contribution in [3.8, 4) is 24.3 Å². The molecule has 1 aromatic rings. The van der Waals surface area contributed by atoms with Crippen LogP contribution in [0.25, 0.3) is 10.8 Å². The minimum atomic E-state index is -4.67. The molecule has 0 fully saturated rings. The summed E-state index contributed by atoms with van der Waals surface area (Å²) in [5, 5.41) is 44.6. The average molecular weight is 779 g/mol. The Balaban J connectivity index is -0.000000139. The van der Waals surface area contributed by atoms with E-state index in [1.165, 1.54) is 17.8 Å². The van der Waals surface area contributed by atoms with E-state index < -0.39 is 70.2 Å². The first kappa shape index (κ1) is 62.7. The summed E-state index contributed by atoms with van der Waals surface area (Å²) in [5.41, 5.74) is -2.73. The van der Waals surface area contributed by atoms with Crippen molar-refractivity contribution in [1.29, 1.82) is 5.26 Å². The normalized spacial score (nSPS) is 12.0. The summed E-state index contributed by atoms with van der Waals surface area (Å²) >= 11 is 0. The van der Waals surface area contributed by atoms with E-state index in [-0.39, 0.29) is 62.1 Å². The van der Waals surface area contributed by atoms with E-state index in [0.29, 0.717) is 26.4 Å². The maximum Gasteiger partial charge on any atom is 1.00 e. The third kappa shape index (κ3) is 24.7. The van der Waals surface area contributed by atoms with Gasteiger partial charge in [0, 0.05) is 34.3 Å². The van der Waals surface area contributed by atoms with Gasteiger partial charge < -0.3 is 45.2 Å². The summed E-state index contributed by atoms with van der Waals surface area (Å²) in [6, 6.07) is 6.26. The molecule has 3 heterocycles. The summed E-state index contributed by atoms with van der Waals surface area (Å²) in [4.78, 5) is 15.2. The molecule has 0 bridgehead atoms. The average Bonchev–Trinajstić information content (AvgIpc) is 3.83.